The largest absolute Gasteiger partial charge is 0.494 e. The van der Waals surface area contributed by atoms with E-state index in [4.69, 9.17) is 16.3 Å². The van der Waals surface area contributed by atoms with Gasteiger partial charge in [0, 0.05) is 32.4 Å². The molecule has 10 heteroatoms. The Bertz CT molecular complexity index is 918. The van der Waals surface area contributed by atoms with Crippen LogP contribution >= 0.6 is 11.6 Å². The number of ether oxygens (including phenoxy) is 1. The number of benzene rings is 1. The van der Waals surface area contributed by atoms with Crippen LogP contribution in [0.25, 0.3) is 0 Å². The second-order valence-corrected chi connectivity index (χ2v) is 7.59. The highest BCUT2D eigenvalue weighted by Gasteiger charge is 2.32. The molecule has 0 spiro atoms. The minimum absolute atomic E-state index is 0.0597. The summed E-state index contributed by atoms with van der Waals surface area (Å²) in [5, 5.41) is 2.91. The summed E-state index contributed by atoms with van der Waals surface area (Å²) in [6, 6.07) is 8.01. The van der Waals surface area contributed by atoms with Crippen molar-refractivity contribution in [1.29, 1.82) is 0 Å². The van der Waals surface area contributed by atoms with Gasteiger partial charge >= 0.3 is 12.2 Å². The smallest absolute Gasteiger partial charge is 0.417 e. The molecule has 2 aromatic rings. The Morgan fingerprint density at radius 3 is 2.58 bits per heavy atom. The topological polar surface area (TPSA) is 57.7 Å². The molecule has 1 N–H and O–H groups in total. The molecule has 1 aliphatic heterocycles. The maximum absolute atomic E-state index is 12.8. The van der Waals surface area contributed by atoms with E-state index in [1.807, 2.05) is 38.1 Å². The number of carbonyl (C=O) groups is 1. The number of halogens is 4. The number of rotatable bonds is 5. The van der Waals surface area contributed by atoms with Crippen LogP contribution in [-0.2, 0) is 6.18 Å². The van der Waals surface area contributed by atoms with Gasteiger partial charge in [-0.3, -0.25) is 0 Å². The summed E-state index contributed by atoms with van der Waals surface area (Å²) in [5.74, 6) is 1.03. The van der Waals surface area contributed by atoms with Crippen molar-refractivity contribution in [2.75, 3.05) is 37.7 Å². The predicted molar refractivity (Wildman–Crippen MR) is 113 cm³/mol. The van der Waals surface area contributed by atoms with E-state index in [1.165, 1.54) is 0 Å². The number of pyridine rings is 1. The van der Waals surface area contributed by atoms with Gasteiger partial charge in [-0.15, -0.1) is 0 Å². The molecule has 1 unspecified atom stereocenters. The van der Waals surface area contributed by atoms with Gasteiger partial charge in [0.15, 0.2) is 0 Å². The Kier molecular flexibility index (Phi) is 7.15. The van der Waals surface area contributed by atoms with Crippen LogP contribution in [0.1, 0.15) is 31.0 Å². The third kappa shape index (κ3) is 5.72. The maximum Gasteiger partial charge on any atom is 0.417 e. The number of aromatic nitrogens is 1. The molecular formula is C21H24ClF3N4O2. The van der Waals surface area contributed by atoms with Gasteiger partial charge in [-0.1, -0.05) is 23.7 Å². The van der Waals surface area contributed by atoms with Crippen molar-refractivity contribution in [2.45, 2.75) is 26.1 Å². The summed E-state index contributed by atoms with van der Waals surface area (Å²) in [6.45, 7) is 5.99. The lowest BCUT2D eigenvalue weighted by molar-refractivity contribution is -0.137. The van der Waals surface area contributed by atoms with E-state index in [0.717, 1.165) is 23.6 Å². The lowest BCUT2D eigenvalue weighted by Gasteiger charge is -2.36. The standard InChI is InChI=1S/C21H24ClF3N4O2/c1-3-31-17-6-4-5-15(11-17)14(2)27-20(30)29-9-7-28(8-10-29)19-18(22)12-16(13-26-19)21(23,24)25/h4-6,11-14H,3,7-10H2,1-2H3,(H,27,30). The molecule has 6 nitrogen and oxygen atoms in total. The Hall–Kier alpha value is -2.68. The van der Waals surface area contributed by atoms with Crippen LogP contribution in [-0.4, -0.2) is 48.7 Å². The van der Waals surface area contributed by atoms with Gasteiger partial charge in [-0.05, 0) is 37.6 Å². The van der Waals surface area contributed by atoms with Crippen LogP contribution in [0.5, 0.6) is 5.75 Å². The molecular weight excluding hydrogens is 433 g/mol. The van der Waals surface area contributed by atoms with Crippen molar-refractivity contribution in [3.05, 3.63) is 52.7 Å². The molecule has 0 aliphatic carbocycles. The number of carbonyl (C=O) groups excluding carboxylic acids is 1. The average molecular weight is 457 g/mol. The highest BCUT2D eigenvalue weighted by molar-refractivity contribution is 6.33. The number of amides is 2. The molecule has 168 valence electrons. The lowest BCUT2D eigenvalue weighted by Crippen LogP contribution is -2.52. The minimum Gasteiger partial charge on any atom is -0.494 e. The molecule has 0 saturated carbocycles. The first-order valence-corrected chi connectivity index (χ1v) is 10.3. The Balaban J connectivity index is 1.57. The summed E-state index contributed by atoms with van der Waals surface area (Å²) < 4.78 is 43.9. The fourth-order valence-corrected chi connectivity index (χ4v) is 3.63. The molecule has 1 aromatic carbocycles. The average Bonchev–Trinajstić information content (AvgIpc) is 2.73. The first kappa shape index (κ1) is 23.0. The molecule has 1 saturated heterocycles. The molecule has 3 rings (SSSR count). The summed E-state index contributed by atoms with van der Waals surface area (Å²) >= 11 is 6.03. The van der Waals surface area contributed by atoms with Crippen LogP contribution in [0.2, 0.25) is 5.02 Å². The van der Waals surface area contributed by atoms with Gasteiger partial charge in [0.25, 0.3) is 0 Å². The van der Waals surface area contributed by atoms with Crippen LogP contribution in [0.4, 0.5) is 23.8 Å². The van der Waals surface area contributed by atoms with E-state index >= 15 is 0 Å². The van der Waals surface area contributed by atoms with Gasteiger partial charge in [0.1, 0.15) is 11.6 Å². The molecule has 0 radical (unpaired) electrons. The molecule has 1 aromatic heterocycles. The summed E-state index contributed by atoms with van der Waals surface area (Å²) in [4.78, 5) is 20.0. The molecule has 1 fully saturated rings. The van der Waals surface area contributed by atoms with E-state index in [0.29, 0.717) is 32.8 Å². The van der Waals surface area contributed by atoms with E-state index in [2.05, 4.69) is 10.3 Å². The fraction of sp³-hybridized carbons (Fsp3) is 0.429. The van der Waals surface area contributed by atoms with Crippen LogP contribution in [0.15, 0.2) is 36.5 Å². The fourth-order valence-electron chi connectivity index (χ4n) is 3.34. The molecule has 2 amide bonds. The van der Waals surface area contributed by atoms with Gasteiger partial charge in [-0.25, -0.2) is 9.78 Å². The van der Waals surface area contributed by atoms with Crippen LogP contribution < -0.4 is 15.0 Å². The summed E-state index contributed by atoms with van der Waals surface area (Å²) in [7, 11) is 0. The van der Waals surface area contributed by atoms with Crippen LogP contribution in [0, 0.1) is 0 Å². The van der Waals surface area contributed by atoms with E-state index in [9.17, 15) is 18.0 Å². The number of alkyl halides is 3. The SMILES string of the molecule is CCOc1cccc(C(C)NC(=O)N2CCN(c3ncc(C(F)(F)F)cc3Cl)CC2)c1. The molecule has 1 atom stereocenters. The lowest BCUT2D eigenvalue weighted by atomic mass is 10.1. The zero-order chi connectivity index (χ0) is 22.6. The molecule has 1 aliphatic rings. The number of anilines is 1. The zero-order valence-electron chi connectivity index (χ0n) is 17.2. The van der Waals surface area contributed by atoms with E-state index < -0.39 is 11.7 Å². The number of nitrogens with zero attached hydrogens (tertiary/aromatic N) is 3. The Labute approximate surface area is 183 Å². The first-order valence-electron chi connectivity index (χ1n) is 9.95. The van der Waals surface area contributed by atoms with Crippen molar-refractivity contribution >= 4 is 23.4 Å². The molecule has 2 heterocycles. The Morgan fingerprint density at radius 1 is 1.26 bits per heavy atom. The summed E-state index contributed by atoms with van der Waals surface area (Å²) in [5.41, 5.74) is 0.0420. The number of urea groups is 1. The van der Waals surface area contributed by atoms with Crippen molar-refractivity contribution < 1.29 is 22.7 Å². The van der Waals surface area contributed by atoms with Gasteiger partial charge in [0.2, 0.25) is 0 Å². The zero-order valence-corrected chi connectivity index (χ0v) is 18.0. The Morgan fingerprint density at radius 2 is 1.97 bits per heavy atom. The summed E-state index contributed by atoms with van der Waals surface area (Å²) in [6.07, 6.45) is -3.72. The highest BCUT2D eigenvalue weighted by atomic mass is 35.5. The van der Waals surface area contributed by atoms with Crippen molar-refractivity contribution in [1.82, 2.24) is 15.2 Å². The van der Waals surface area contributed by atoms with Crippen molar-refractivity contribution in [2.24, 2.45) is 0 Å². The van der Waals surface area contributed by atoms with Gasteiger partial charge in [-0.2, -0.15) is 13.2 Å². The minimum atomic E-state index is -4.50. The van der Waals surface area contributed by atoms with E-state index in [1.54, 1.807) is 9.80 Å². The molecule has 31 heavy (non-hydrogen) atoms. The number of hydrogen-bond acceptors (Lipinski definition) is 4. The van der Waals surface area contributed by atoms with Crippen molar-refractivity contribution in [3.8, 4) is 5.75 Å². The van der Waals surface area contributed by atoms with Gasteiger partial charge < -0.3 is 19.9 Å². The maximum atomic E-state index is 12.8. The second kappa shape index (κ2) is 9.64. The first-order chi connectivity index (χ1) is 14.7. The third-order valence-electron chi connectivity index (χ3n) is 5.02. The third-order valence-corrected chi connectivity index (χ3v) is 5.30. The number of piperazine rings is 1. The molecule has 0 bridgehead atoms. The highest BCUT2D eigenvalue weighted by Crippen LogP contribution is 2.33. The predicted octanol–water partition coefficient (Wildman–Crippen LogP) is 4.75. The van der Waals surface area contributed by atoms with Crippen molar-refractivity contribution in [3.63, 3.8) is 0 Å². The second-order valence-electron chi connectivity index (χ2n) is 7.18. The van der Waals surface area contributed by atoms with Crippen LogP contribution in [0.3, 0.4) is 0 Å². The number of hydrogen-bond donors (Lipinski definition) is 1. The quantitative estimate of drug-likeness (QED) is 0.705. The normalized spacial score (nSPS) is 15.5. The van der Waals surface area contributed by atoms with Gasteiger partial charge in [0.05, 0.1) is 23.2 Å². The number of nitrogens with one attached hydrogen (secondary N) is 1. The monoisotopic (exact) mass is 456 g/mol. The van der Waals surface area contributed by atoms with E-state index in [-0.39, 0.29) is 22.9 Å².